The number of allylic oxidation sites excluding steroid dienone is 2. The summed E-state index contributed by atoms with van der Waals surface area (Å²) in [6.45, 7) is 8.48. The maximum atomic E-state index is 12.5. The van der Waals surface area contributed by atoms with Crippen LogP contribution in [0.3, 0.4) is 0 Å². The third-order valence-electron chi connectivity index (χ3n) is 4.17. The van der Waals surface area contributed by atoms with E-state index < -0.39 is 11.4 Å². The van der Waals surface area contributed by atoms with Gasteiger partial charge in [-0.2, -0.15) is 0 Å². The van der Waals surface area contributed by atoms with Crippen LogP contribution in [-0.2, 0) is 14.3 Å². The molecular formula is C14H19NO3. The number of ether oxygens (including phenoxy) is 1. The van der Waals surface area contributed by atoms with Gasteiger partial charge in [-0.05, 0) is 26.7 Å². The van der Waals surface area contributed by atoms with Crippen molar-refractivity contribution in [3.05, 3.63) is 23.9 Å². The molecule has 4 nitrogen and oxygen atoms in total. The smallest absolute Gasteiger partial charge is 0.321 e. The summed E-state index contributed by atoms with van der Waals surface area (Å²) in [5, 5.41) is 0. The molecule has 1 amide bonds. The molecule has 0 aromatic rings. The van der Waals surface area contributed by atoms with Crippen molar-refractivity contribution in [1.82, 2.24) is 4.90 Å². The van der Waals surface area contributed by atoms with E-state index >= 15 is 0 Å². The summed E-state index contributed by atoms with van der Waals surface area (Å²) < 4.78 is 4.85. The Labute approximate surface area is 107 Å². The summed E-state index contributed by atoms with van der Waals surface area (Å²) in [5.74, 6) is -0.510. The number of fused-ring (bicyclic) bond motifs is 2. The fourth-order valence-electron chi connectivity index (χ4n) is 3.00. The number of esters is 1. The molecule has 1 aliphatic heterocycles. The van der Waals surface area contributed by atoms with Gasteiger partial charge in [0.05, 0.1) is 7.11 Å². The Morgan fingerprint density at radius 3 is 2.89 bits per heavy atom. The number of methoxy groups -OCH3 is 1. The van der Waals surface area contributed by atoms with Gasteiger partial charge in [0.25, 0.3) is 0 Å². The lowest BCUT2D eigenvalue weighted by Gasteiger charge is -2.47. The molecule has 1 heterocycles. The van der Waals surface area contributed by atoms with Crippen molar-refractivity contribution in [3.63, 3.8) is 0 Å². The highest BCUT2D eigenvalue weighted by atomic mass is 16.5. The van der Waals surface area contributed by atoms with Gasteiger partial charge in [0.1, 0.15) is 0 Å². The Bertz CT molecular complexity index is 452. The first-order valence-corrected chi connectivity index (χ1v) is 6.23. The molecule has 0 aromatic heterocycles. The van der Waals surface area contributed by atoms with Gasteiger partial charge in [-0.3, -0.25) is 9.59 Å². The number of likely N-dealkylation sites (tertiary alicyclic amines) is 1. The van der Waals surface area contributed by atoms with Crippen molar-refractivity contribution in [1.29, 1.82) is 0 Å². The standard InChI is InChI=1S/C14H19NO3/c1-5-15-10(3)11-8-14(12(15)16,13(17)18-4)7-6-9(11)2/h6,11H,3,5,7-8H2,1-2,4H3/t11-,14+/m0/s1. The minimum Gasteiger partial charge on any atom is -0.468 e. The summed E-state index contributed by atoms with van der Waals surface area (Å²) in [4.78, 5) is 26.2. The molecule has 0 N–H and O–H groups in total. The van der Waals surface area contributed by atoms with E-state index in [2.05, 4.69) is 6.58 Å². The summed E-state index contributed by atoms with van der Waals surface area (Å²) in [6.07, 6.45) is 2.90. The van der Waals surface area contributed by atoms with Crippen molar-refractivity contribution in [2.24, 2.45) is 11.3 Å². The van der Waals surface area contributed by atoms with Crippen molar-refractivity contribution in [2.45, 2.75) is 26.7 Å². The lowest BCUT2D eigenvalue weighted by Crippen LogP contribution is -2.56. The van der Waals surface area contributed by atoms with Crippen LogP contribution in [-0.4, -0.2) is 30.4 Å². The molecule has 0 aromatic carbocycles. The molecule has 0 radical (unpaired) electrons. The highest BCUT2D eigenvalue weighted by Crippen LogP contribution is 2.48. The molecule has 4 heteroatoms. The predicted molar refractivity (Wildman–Crippen MR) is 67.5 cm³/mol. The molecule has 2 rings (SSSR count). The number of carbonyl (C=O) groups excluding carboxylic acids is 2. The predicted octanol–water partition coefficient (Wildman–Crippen LogP) is 1.88. The number of hydrogen-bond donors (Lipinski definition) is 0. The molecule has 98 valence electrons. The maximum Gasteiger partial charge on any atom is 0.321 e. The Morgan fingerprint density at radius 2 is 2.33 bits per heavy atom. The normalized spacial score (nSPS) is 31.2. The van der Waals surface area contributed by atoms with Gasteiger partial charge in [0, 0.05) is 18.2 Å². The molecule has 0 unspecified atom stereocenters. The van der Waals surface area contributed by atoms with Crippen LogP contribution >= 0.6 is 0 Å². The fraction of sp³-hybridized carbons (Fsp3) is 0.571. The van der Waals surface area contributed by atoms with Gasteiger partial charge >= 0.3 is 5.97 Å². The molecule has 1 fully saturated rings. The van der Waals surface area contributed by atoms with Gasteiger partial charge in [-0.15, -0.1) is 0 Å². The van der Waals surface area contributed by atoms with E-state index in [9.17, 15) is 9.59 Å². The number of hydrogen-bond acceptors (Lipinski definition) is 3. The van der Waals surface area contributed by atoms with E-state index in [4.69, 9.17) is 4.74 Å². The van der Waals surface area contributed by atoms with Crippen LogP contribution < -0.4 is 0 Å². The number of piperidine rings is 1. The van der Waals surface area contributed by atoms with Crippen LogP contribution in [0.5, 0.6) is 0 Å². The Kier molecular flexibility index (Phi) is 3.05. The van der Waals surface area contributed by atoms with Crippen LogP contribution in [0.1, 0.15) is 26.7 Å². The zero-order valence-corrected chi connectivity index (χ0v) is 11.2. The van der Waals surface area contributed by atoms with Crippen LogP contribution in [0.15, 0.2) is 23.9 Å². The molecular weight excluding hydrogens is 230 g/mol. The minimum atomic E-state index is -1.03. The summed E-state index contributed by atoms with van der Waals surface area (Å²) >= 11 is 0. The van der Waals surface area contributed by atoms with Gasteiger partial charge in [-0.25, -0.2) is 0 Å². The Hall–Kier alpha value is -1.58. The Morgan fingerprint density at radius 1 is 1.67 bits per heavy atom. The molecule has 2 bridgehead atoms. The molecule has 1 aliphatic carbocycles. The summed E-state index contributed by atoms with van der Waals surface area (Å²) in [5.41, 5.74) is 0.955. The van der Waals surface area contributed by atoms with E-state index in [0.717, 1.165) is 5.70 Å². The minimum absolute atomic E-state index is 0.0792. The number of amides is 1. The topological polar surface area (TPSA) is 46.6 Å². The van der Waals surface area contributed by atoms with Crippen molar-refractivity contribution < 1.29 is 14.3 Å². The van der Waals surface area contributed by atoms with Crippen LogP contribution in [0, 0.1) is 11.3 Å². The van der Waals surface area contributed by atoms with E-state index in [1.165, 1.54) is 12.7 Å². The average molecular weight is 249 g/mol. The monoisotopic (exact) mass is 249 g/mol. The average Bonchev–Trinajstić information content (AvgIpc) is 2.38. The second-order valence-electron chi connectivity index (χ2n) is 5.02. The molecule has 18 heavy (non-hydrogen) atoms. The fourth-order valence-corrected chi connectivity index (χ4v) is 3.00. The molecule has 2 aliphatic rings. The van der Waals surface area contributed by atoms with Gasteiger partial charge in [0.15, 0.2) is 5.41 Å². The van der Waals surface area contributed by atoms with E-state index in [-0.39, 0.29) is 11.8 Å². The highest BCUT2D eigenvalue weighted by molar-refractivity contribution is 6.04. The van der Waals surface area contributed by atoms with Gasteiger partial charge in [0.2, 0.25) is 5.91 Å². The largest absolute Gasteiger partial charge is 0.468 e. The SMILES string of the molecule is C=C1[C@H]2C[C@](C(=O)OC)(CC=C2C)C(=O)N1CC. The Balaban J connectivity index is 2.51. The van der Waals surface area contributed by atoms with Crippen molar-refractivity contribution >= 4 is 11.9 Å². The summed E-state index contributed by atoms with van der Waals surface area (Å²) in [6, 6.07) is 0. The third kappa shape index (κ3) is 1.51. The van der Waals surface area contributed by atoms with Gasteiger partial charge < -0.3 is 9.64 Å². The third-order valence-corrected chi connectivity index (χ3v) is 4.17. The number of rotatable bonds is 2. The summed E-state index contributed by atoms with van der Waals surface area (Å²) in [7, 11) is 1.34. The van der Waals surface area contributed by atoms with Crippen molar-refractivity contribution in [2.75, 3.05) is 13.7 Å². The lowest BCUT2D eigenvalue weighted by molar-refractivity contribution is -0.166. The molecule has 0 saturated carbocycles. The number of carbonyl (C=O) groups is 2. The quantitative estimate of drug-likeness (QED) is 0.426. The molecule has 1 saturated heterocycles. The first-order valence-electron chi connectivity index (χ1n) is 6.23. The maximum absolute atomic E-state index is 12.5. The zero-order valence-electron chi connectivity index (χ0n) is 11.2. The van der Waals surface area contributed by atoms with E-state index in [0.29, 0.717) is 19.4 Å². The second kappa shape index (κ2) is 4.26. The van der Waals surface area contributed by atoms with E-state index in [1.54, 1.807) is 4.90 Å². The highest BCUT2D eigenvalue weighted by Gasteiger charge is 2.56. The van der Waals surface area contributed by atoms with Crippen LogP contribution in [0.4, 0.5) is 0 Å². The van der Waals surface area contributed by atoms with Crippen molar-refractivity contribution in [3.8, 4) is 0 Å². The second-order valence-corrected chi connectivity index (χ2v) is 5.02. The molecule has 0 spiro atoms. The van der Waals surface area contributed by atoms with Gasteiger partial charge in [-0.1, -0.05) is 18.2 Å². The number of nitrogens with zero attached hydrogens (tertiary/aromatic N) is 1. The van der Waals surface area contributed by atoms with Crippen LogP contribution in [0.25, 0.3) is 0 Å². The first kappa shape index (κ1) is 12.9. The first-order chi connectivity index (χ1) is 8.47. The van der Waals surface area contributed by atoms with E-state index in [1.807, 2.05) is 19.9 Å². The zero-order chi connectivity index (χ0) is 13.5. The molecule has 2 atom stereocenters. The van der Waals surface area contributed by atoms with Crippen LogP contribution in [0.2, 0.25) is 0 Å². The lowest BCUT2D eigenvalue weighted by atomic mass is 9.65.